The first kappa shape index (κ1) is 22.0. The van der Waals surface area contributed by atoms with Gasteiger partial charge in [0.15, 0.2) is 5.60 Å². The number of aliphatic hydroxyl groups excluding tert-OH is 1. The molecule has 1 fully saturated rings. The molecule has 0 aromatic heterocycles. The third-order valence-corrected chi connectivity index (χ3v) is 4.22. The smallest absolute Gasteiger partial charge is 0.410 e. The Kier molecular flexibility index (Phi) is 6.61. The molecule has 28 heavy (non-hydrogen) atoms. The van der Waals surface area contributed by atoms with Gasteiger partial charge in [-0.1, -0.05) is 0 Å². The normalized spacial score (nSPS) is 16.9. The van der Waals surface area contributed by atoms with Crippen molar-refractivity contribution in [1.82, 2.24) is 10.2 Å². The largest absolute Gasteiger partial charge is 0.444 e. The molecule has 1 heterocycles. The van der Waals surface area contributed by atoms with E-state index in [4.69, 9.17) is 9.84 Å². The predicted octanol–water partition coefficient (Wildman–Crippen LogP) is 1.88. The molecule has 9 heteroatoms. The van der Waals surface area contributed by atoms with Crippen LogP contribution in [-0.4, -0.2) is 58.0 Å². The number of halogens is 2. The minimum absolute atomic E-state index is 0.166. The van der Waals surface area contributed by atoms with Crippen LogP contribution in [0.15, 0.2) is 18.2 Å². The number of nitrogens with zero attached hydrogens (tertiary/aromatic N) is 1. The highest BCUT2D eigenvalue weighted by Crippen LogP contribution is 2.27. The third-order valence-electron chi connectivity index (χ3n) is 4.22. The van der Waals surface area contributed by atoms with Gasteiger partial charge in [0.1, 0.15) is 17.2 Å². The van der Waals surface area contributed by atoms with Crippen LogP contribution in [0.25, 0.3) is 0 Å². The number of rotatable bonds is 6. The topological polar surface area (TPSA) is 99.1 Å². The number of hydrogen-bond acceptors (Lipinski definition) is 5. The van der Waals surface area contributed by atoms with Crippen LogP contribution in [0.5, 0.6) is 0 Å². The monoisotopic (exact) mass is 400 g/mol. The molecule has 1 aliphatic rings. The number of hydrogen-bond donors (Lipinski definition) is 3. The number of benzene rings is 1. The second-order valence-corrected chi connectivity index (χ2v) is 7.96. The van der Waals surface area contributed by atoms with Gasteiger partial charge in [-0.25, -0.2) is 13.6 Å². The number of ether oxygens (including phenoxy) is 1. The Labute approximate surface area is 162 Å². The van der Waals surface area contributed by atoms with E-state index in [9.17, 15) is 23.5 Å². The lowest BCUT2D eigenvalue weighted by Crippen LogP contribution is -2.70. The van der Waals surface area contributed by atoms with E-state index in [1.807, 2.05) is 0 Å². The molecule has 1 unspecified atom stereocenters. The summed E-state index contributed by atoms with van der Waals surface area (Å²) in [5.41, 5.74) is -2.34. The van der Waals surface area contributed by atoms with E-state index in [0.29, 0.717) is 6.07 Å². The van der Waals surface area contributed by atoms with E-state index in [-0.39, 0.29) is 38.1 Å². The van der Waals surface area contributed by atoms with Gasteiger partial charge in [0.25, 0.3) is 5.91 Å². The highest BCUT2D eigenvalue weighted by molar-refractivity contribution is 5.89. The van der Waals surface area contributed by atoms with Crippen LogP contribution < -0.4 is 5.32 Å². The Hall–Kier alpha value is -2.26. The van der Waals surface area contributed by atoms with Crippen molar-refractivity contribution in [3.63, 3.8) is 0 Å². The van der Waals surface area contributed by atoms with Crippen LogP contribution in [0.1, 0.15) is 45.2 Å². The van der Waals surface area contributed by atoms with E-state index < -0.39 is 40.9 Å². The van der Waals surface area contributed by atoms with E-state index in [1.165, 1.54) is 4.90 Å². The molecule has 0 saturated carbocycles. The average Bonchev–Trinajstić information content (AvgIpc) is 2.52. The Morgan fingerprint density at radius 1 is 1.25 bits per heavy atom. The summed E-state index contributed by atoms with van der Waals surface area (Å²) in [6.07, 6.45) is -0.142. The minimum Gasteiger partial charge on any atom is -0.444 e. The van der Waals surface area contributed by atoms with Crippen LogP contribution in [0, 0.1) is 11.6 Å². The third kappa shape index (κ3) is 5.62. The van der Waals surface area contributed by atoms with Gasteiger partial charge in [0, 0.05) is 12.7 Å². The van der Waals surface area contributed by atoms with Gasteiger partial charge in [0.05, 0.1) is 19.1 Å². The highest BCUT2D eigenvalue weighted by atomic mass is 19.1. The summed E-state index contributed by atoms with van der Waals surface area (Å²) in [6.45, 7) is 4.44. The maximum Gasteiger partial charge on any atom is 0.410 e. The molecule has 2 rings (SSSR count). The molecule has 1 aromatic carbocycles. The summed E-state index contributed by atoms with van der Waals surface area (Å²) in [5.74, 6) is -2.35. The zero-order valence-corrected chi connectivity index (χ0v) is 16.2. The molecule has 156 valence electrons. The minimum atomic E-state index is -1.82. The quantitative estimate of drug-likeness (QED) is 0.677. The van der Waals surface area contributed by atoms with Gasteiger partial charge < -0.3 is 25.2 Å². The first-order valence-corrected chi connectivity index (χ1v) is 9.02. The number of carbonyl (C=O) groups excluding carboxylic acids is 2. The maximum atomic E-state index is 13.5. The summed E-state index contributed by atoms with van der Waals surface area (Å²) in [4.78, 5) is 25.7. The summed E-state index contributed by atoms with van der Waals surface area (Å²) in [7, 11) is 0. The molecule has 2 amide bonds. The van der Waals surface area contributed by atoms with Gasteiger partial charge in [0.2, 0.25) is 0 Å². The first-order chi connectivity index (χ1) is 12.9. The standard InChI is InChI=1S/C19H26F2N2O5/c1-18(2,3)28-17(26)23-10-19(27,11-23)16(25)22-15(5-4-6-24)12-7-13(20)9-14(21)8-12/h7-9,15,24,27H,4-6,10-11H2,1-3H3,(H,22,25). The molecule has 7 nitrogen and oxygen atoms in total. The van der Waals surface area contributed by atoms with Crippen LogP contribution in [0.2, 0.25) is 0 Å². The zero-order chi connectivity index (χ0) is 21.1. The number of nitrogens with one attached hydrogen (secondary N) is 1. The molecule has 1 aromatic rings. The molecule has 3 N–H and O–H groups in total. The van der Waals surface area contributed by atoms with Gasteiger partial charge in [-0.05, 0) is 51.3 Å². The molecular formula is C19H26F2N2O5. The van der Waals surface area contributed by atoms with Crippen molar-refractivity contribution in [2.24, 2.45) is 0 Å². The van der Waals surface area contributed by atoms with Crippen molar-refractivity contribution in [3.05, 3.63) is 35.4 Å². The number of likely N-dealkylation sites (tertiary alicyclic amines) is 1. The van der Waals surface area contributed by atoms with Crippen molar-refractivity contribution in [2.75, 3.05) is 19.7 Å². The predicted molar refractivity (Wildman–Crippen MR) is 96.3 cm³/mol. The molecule has 0 spiro atoms. The van der Waals surface area contributed by atoms with Gasteiger partial charge in [-0.3, -0.25) is 4.79 Å². The van der Waals surface area contributed by atoms with Gasteiger partial charge >= 0.3 is 6.09 Å². The Morgan fingerprint density at radius 3 is 2.32 bits per heavy atom. The van der Waals surface area contributed by atoms with Crippen molar-refractivity contribution in [3.8, 4) is 0 Å². The molecule has 0 bridgehead atoms. The highest BCUT2D eigenvalue weighted by Gasteiger charge is 2.51. The van der Waals surface area contributed by atoms with Gasteiger partial charge in [-0.2, -0.15) is 0 Å². The zero-order valence-electron chi connectivity index (χ0n) is 16.2. The fraction of sp³-hybridized carbons (Fsp3) is 0.579. The average molecular weight is 400 g/mol. The summed E-state index contributed by atoms with van der Waals surface area (Å²) in [6, 6.07) is 2.09. The number of amides is 2. The lowest BCUT2D eigenvalue weighted by Gasteiger charge is -2.45. The fourth-order valence-corrected chi connectivity index (χ4v) is 2.87. The molecule has 1 aliphatic heterocycles. The van der Waals surface area contributed by atoms with E-state index in [1.54, 1.807) is 20.8 Å². The second kappa shape index (κ2) is 8.40. The SMILES string of the molecule is CC(C)(C)OC(=O)N1CC(O)(C(=O)NC(CCCO)c2cc(F)cc(F)c2)C1. The van der Waals surface area contributed by atoms with Crippen LogP contribution in [0.3, 0.4) is 0 Å². The Morgan fingerprint density at radius 2 is 1.82 bits per heavy atom. The second-order valence-electron chi connectivity index (χ2n) is 7.96. The molecule has 1 atom stereocenters. The van der Waals surface area contributed by atoms with Crippen molar-refractivity contribution in [2.45, 2.75) is 50.9 Å². The summed E-state index contributed by atoms with van der Waals surface area (Å²) in [5, 5.41) is 22.1. The van der Waals surface area contributed by atoms with Crippen molar-refractivity contribution >= 4 is 12.0 Å². The maximum absolute atomic E-state index is 13.5. The Balaban J connectivity index is 2.04. The number of β-amino-alcohol motifs (C(OH)–C–C–N with tert-alkyl or cyclic N) is 1. The van der Waals surface area contributed by atoms with Crippen molar-refractivity contribution in [1.29, 1.82) is 0 Å². The molecule has 0 aliphatic carbocycles. The van der Waals surface area contributed by atoms with E-state index >= 15 is 0 Å². The lowest BCUT2D eigenvalue weighted by molar-refractivity contribution is -0.158. The van der Waals surface area contributed by atoms with Gasteiger partial charge in [-0.15, -0.1) is 0 Å². The molecule has 0 radical (unpaired) electrons. The fourth-order valence-electron chi connectivity index (χ4n) is 2.87. The van der Waals surface area contributed by atoms with Crippen LogP contribution >= 0.6 is 0 Å². The van der Waals surface area contributed by atoms with Crippen LogP contribution in [-0.2, 0) is 9.53 Å². The molecular weight excluding hydrogens is 374 g/mol. The lowest BCUT2D eigenvalue weighted by atomic mass is 9.92. The van der Waals surface area contributed by atoms with E-state index in [0.717, 1.165) is 12.1 Å². The van der Waals surface area contributed by atoms with Crippen LogP contribution in [0.4, 0.5) is 13.6 Å². The van der Waals surface area contributed by atoms with E-state index in [2.05, 4.69) is 5.32 Å². The summed E-state index contributed by atoms with van der Waals surface area (Å²) < 4.78 is 32.2. The Bertz CT molecular complexity index is 709. The number of aliphatic hydroxyl groups is 2. The summed E-state index contributed by atoms with van der Waals surface area (Å²) >= 11 is 0. The first-order valence-electron chi connectivity index (χ1n) is 9.02. The number of carbonyl (C=O) groups is 2. The molecule has 1 saturated heterocycles. The van der Waals surface area contributed by atoms with Crippen molar-refractivity contribution < 1.29 is 33.3 Å².